The molecule has 0 saturated carbocycles. The molecule has 5 heterocycles. The molecule has 0 aliphatic carbocycles. The van der Waals surface area contributed by atoms with Gasteiger partial charge in [0, 0.05) is 49.2 Å². The molecule has 5 aromatic rings. The van der Waals surface area contributed by atoms with Gasteiger partial charge in [-0.15, -0.1) is 0 Å². The molecule has 1 saturated heterocycles. The van der Waals surface area contributed by atoms with Gasteiger partial charge in [-0.2, -0.15) is 5.26 Å². The van der Waals surface area contributed by atoms with Gasteiger partial charge in [0.05, 0.1) is 23.9 Å². The summed E-state index contributed by atoms with van der Waals surface area (Å²) >= 11 is 1.21. The molecule has 12 heteroatoms. The maximum atomic E-state index is 15.3. The molecule has 1 N–H and O–H groups in total. The van der Waals surface area contributed by atoms with E-state index in [4.69, 9.17) is 9.97 Å². The molecule has 1 fully saturated rings. The molecule has 0 radical (unpaired) electrons. The number of nitrogens with zero attached hydrogens (tertiary/aromatic N) is 7. The van der Waals surface area contributed by atoms with Gasteiger partial charge in [-0.3, -0.25) is 14.2 Å². The van der Waals surface area contributed by atoms with Crippen LogP contribution in [0.25, 0.3) is 28.0 Å². The van der Waals surface area contributed by atoms with E-state index in [0.717, 1.165) is 5.69 Å². The lowest BCUT2D eigenvalue weighted by molar-refractivity contribution is -0.140. The monoisotopic (exact) mass is 585 g/mol. The smallest absolute Gasteiger partial charge is 0.228 e. The molecule has 1 aliphatic rings. The second-order valence-electron chi connectivity index (χ2n) is 10.0. The number of rotatable bonds is 7. The van der Waals surface area contributed by atoms with Gasteiger partial charge in [0.25, 0.3) is 0 Å². The normalized spacial score (nSPS) is 13.3. The minimum Gasteiger partial charge on any atom is -0.389 e. The fraction of sp³-hybridized carbons (Fsp3) is 0.233. The maximum absolute atomic E-state index is 15.3. The number of hydrogen-bond donors (Lipinski definition) is 1. The Labute approximate surface area is 243 Å². The van der Waals surface area contributed by atoms with Crippen LogP contribution in [0, 0.1) is 23.0 Å². The van der Waals surface area contributed by atoms with Crippen molar-refractivity contribution in [2.24, 2.45) is 0 Å². The van der Waals surface area contributed by atoms with Crippen molar-refractivity contribution in [3.63, 3.8) is 0 Å². The number of fused-ring (bicyclic) bond motifs is 1. The fourth-order valence-corrected chi connectivity index (χ4v) is 5.81. The summed E-state index contributed by atoms with van der Waals surface area (Å²) < 4.78 is 30.7. The minimum atomic E-state index is -0.510. The average molecular weight is 586 g/mol. The van der Waals surface area contributed by atoms with Crippen LogP contribution in [0.2, 0.25) is 0 Å². The zero-order chi connectivity index (χ0) is 29.5. The number of carbonyl (C=O) groups is 1. The SMILES string of the molecule is CCc1nc2ccc(-c3cnc(CC(=O)N4CC(O)C4)cc3F)cn2c1N(C)c1nc(-c2ccc(F)cc2)c(C#N)s1. The van der Waals surface area contributed by atoms with Gasteiger partial charge in [-0.25, -0.2) is 18.7 Å². The number of β-amino-alcohol motifs (C(OH)–C–C–N with tert-alkyl or cyclic N) is 1. The Kier molecular flexibility index (Phi) is 7.14. The van der Waals surface area contributed by atoms with Crippen molar-refractivity contribution in [2.45, 2.75) is 25.9 Å². The van der Waals surface area contributed by atoms with Crippen molar-refractivity contribution in [1.29, 1.82) is 5.26 Å². The van der Waals surface area contributed by atoms with Crippen LogP contribution >= 0.6 is 11.3 Å². The number of aryl methyl sites for hydroxylation is 1. The van der Waals surface area contributed by atoms with Gasteiger partial charge >= 0.3 is 0 Å². The Morgan fingerprint density at radius 1 is 1.17 bits per heavy atom. The number of aliphatic hydroxyl groups excluding tert-OH is 1. The zero-order valence-corrected chi connectivity index (χ0v) is 23.6. The largest absolute Gasteiger partial charge is 0.389 e. The Bertz CT molecular complexity index is 1860. The number of nitriles is 1. The number of anilines is 2. The Hall–Kier alpha value is -4.73. The third-order valence-corrected chi connectivity index (χ3v) is 8.24. The first-order valence-corrected chi connectivity index (χ1v) is 14.1. The van der Waals surface area contributed by atoms with Crippen LogP contribution in [0.15, 0.2) is 54.9 Å². The van der Waals surface area contributed by atoms with Gasteiger partial charge in [0.1, 0.15) is 39.7 Å². The Morgan fingerprint density at radius 2 is 1.90 bits per heavy atom. The highest BCUT2D eigenvalue weighted by molar-refractivity contribution is 7.16. The molecule has 0 unspecified atom stereocenters. The van der Waals surface area contributed by atoms with E-state index in [0.29, 0.717) is 50.4 Å². The highest BCUT2D eigenvalue weighted by Crippen LogP contribution is 2.37. The summed E-state index contributed by atoms with van der Waals surface area (Å²) in [5, 5.41) is 19.8. The van der Waals surface area contributed by atoms with Crippen LogP contribution in [0.1, 0.15) is 23.2 Å². The van der Waals surface area contributed by atoms with Crippen LogP contribution in [0.3, 0.4) is 0 Å². The third kappa shape index (κ3) is 4.97. The van der Waals surface area contributed by atoms with E-state index >= 15 is 4.39 Å². The summed E-state index contributed by atoms with van der Waals surface area (Å²) in [6.07, 6.45) is 3.26. The molecule has 1 aliphatic heterocycles. The highest BCUT2D eigenvalue weighted by atomic mass is 32.1. The van der Waals surface area contributed by atoms with Crippen molar-refractivity contribution < 1.29 is 18.7 Å². The van der Waals surface area contributed by atoms with Crippen molar-refractivity contribution in [1.82, 2.24) is 24.3 Å². The number of amides is 1. The number of benzene rings is 1. The zero-order valence-electron chi connectivity index (χ0n) is 22.8. The van der Waals surface area contributed by atoms with Gasteiger partial charge in [-0.1, -0.05) is 18.3 Å². The molecule has 0 atom stereocenters. The second kappa shape index (κ2) is 10.9. The van der Waals surface area contributed by atoms with Crippen LogP contribution in [-0.2, 0) is 17.6 Å². The van der Waals surface area contributed by atoms with Crippen molar-refractivity contribution in [3.05, 3.63) is 82.8 Å². The molecule has 42 heavy (non-hydrogen) atoms. The third-order valence-electron chi connectivity index (χ3n) is 7.21. The number of thiazole rings is 1. The first kappa shape index (κ1) is 27.4. The maximum Gasteiger partial charge on any atom is 0.228 e. The van der Waals surface area contributed by atoms with Crippen LogP contribution in [0.5, 0.6) is 0 Å². The molecule has 212 valence electrons. The number of pyridine rings is 2. The van der Waals surface area contributed by atoms with Crippen molar-refractivity contribution in [2.75, 3.05) is 25.0 Å². The molecule has 0 spiro atoms. The predicted octanol–water partition coefficient (Wildman–Crippen LogP) is 4.75. The summed E-state index contributed by atoms with van der Waals surface area (Å²) in [5.41, 5.74) is 3.69. The summed E-state index contributed by atoms with van der Waals surface area (Å²) in [4.78, 5) is 29.9. The number of aliphatic hydroxyl groups is 1. The first-order chi connectivity index (χ1) is 20.2. The number of hydrogen-bond acceptors (Lipinski definition) is 8. The van der Waals surface area contributed by atoms with E-state index in [-0.39, 0.29) is 36.8 Å². The summed E-state index contributed by atoms with van der Waals surface area (Å²) in [6.45, 7) is 2.55. The fourth-order valence-electron chi connectivity index (χ4n) is 4.96. The lowest BCUT2D eigenvalue weighted by atomic mass is 10.1. The summed E-state index contributed by atoms with van der Waals surface area (Å²) in [5.74, 6) is -0.375. The predicted molar refractivity (Wildman–Crippen MR) is 154 cm³/mol. The van der Waals surface area contributed by atoms with E-state index < -0.39 is 11.9 Å². The van der Waals surface area contributed by atoms with E-state index in [1.807, 2.05) is 23.3 Å². The first-order valence-electron chi connectivity index (χ1n) is 13.3. The number of aromatic nitrogens is 4. The van der Waals surface area contributed by atoms with Gasteiger partial charge < -0.3 is 14.9 Å². The lowest BCUT2D eigenvalue weighted by Gasteiger charge is -2.35. The van der Waals surface area contributed by atoms with Crippen LogP contribution in [0.4, 0.5) is 19.7 Å². The van der Waals surface area contributed by atoms with Gasteiger partial charge in [0.15, 0.2) is 5.13 Å². The van der Waals surface area contributed by atoms with Crippen molar-refractivity contribution in [3.8, 4) is 28.5 Å². The Balaban J connectivity index is 1.34. The van der Waals surface area contributed by atoms with Gasteiger partial charge in [0.2, 0.25) is 5.91 Å². The number of likely N-dealkylation sites (tertiary alicyclic amines) is 1. The number of halogens is 2. The van der Waals surface area contributed by atoms with E-state index in [9.17, 15) is 19.6 Å². The van der Waals surface area contributed by atoms with E-state index in [1.54, 1.807) is 30.5 Å². The lowest BCUT2D eigenvalue weighted by Crippen LogP contribution is -2.54. The minimum absolute atomic E-state index is 0.0440. The second-order valence-corrected chi connectivity index (χ2v) is 11.0. The summed E-state index contributed by atoms with van der Waals surface area (Å²) in [6, 6.07) is 12.9. The number of carbonyl (C=O) groups excluding carboxylic acids is 1. The topological polar surface area (TPSA) is 111 Å². The molecular weight excluding hydrogens is 560 g/mol. The average Bonchev–Trinajstić information content (AvgIpc) is 3.57. The molecule has 9 nitrogen and oxygen atoms in total. The standard InChI is InChI=1S/C30H25F2N7O2S/c1-3-24-29(37(2)30-36-28(25(12-33)42-30)17-4-7-19(31)8-5-17)39-14-18(6-9-26(39)35-24)22-13-34-20(10-23(22)32)11-27(41)38-15-21(40)16-38/h4-10,13-14,21,40H,3,11,15-16H2,1-2H3. The molecular formula is C30H25F2N7O2S. The van der Waals surface area contributed by atoms with Crippen molar-refractivity contribution >= 4 is 33.8 Å². The molecule has 1 amide bonds. The Morgan fingerprint density at radius 3 is 2.57 bits per heavy atom. The quantitative estimate of drug-likeness (QED) is 0.294. The van der Waals surface area contributed by atoms with Gasteiger partial charge in [-0.05, 0) is 48.9 Å². The van der Waals surface area contributed by atoms with Crippen LogP contribution in [-0.4, -0.2) is 61.5 Å². The number of imidazole rings is 1. The summed E-state index contributed by atoms with van der Waals surface area (Å²) in [7, 11) is 1.83. The molecule has 0 bridgehead atoms. The molecule has 6 rings (SSSR count). The molecule has 4 aromatic heterocycles. The van der Waals surface area contributed by atoms with Crippen LogP contribution < -0.4 is 4.90 Å². The van der Waals surface area contributed by atoms with E-state index in [1.165, 1.54) is 40.6 Å². The van der Waals surface area contributed by atoms with E-state index in [2.05, 4.69) is 11.1 Å². The highest BCUT2D eigenvalue weighted by Gasteiger charge is 2.29. The molecule has 1 aromatic carbocycles.